The van der Waals surface area contributed by atoms with Crippen molar-refractivity contribution >= 4 is 5.97 Å². The summed E-state index contributed by atoms with van der Waals surface area (Å²) >= 11 is 0. The van der Waals surface area contributed by atoms with E-state index < -0.39 is 35.4 Å². The first-order chi connectivity index (χ1) is 8.78. The number of ether oxygens (including phenoxy) is 3. The van der Waals surface area contributed by atoms with Gasteiger partial charge in [-0.15, -0.1) is 13.2 Å². The Morgan fingerprint density at radius 3 is 2.58 bits per heavy atom. The minimum Gasteiger partial charge on any atom is -0.503 e. The summed E-state index contributed by atoms with van der Waals surface area (Å²) in [5.41, 5.74) is -0.742. The number of rotatable bonds is 4. The minimum absolute atomic E-state index is 0.0604. The Balaban J connectivity index is 3.26. The lowest BCUT2D eigenvalue weighted by atomic mass is 10.3. The van der Waals surface area contributed by atoms with Gasteiger partial charge in [0, 0.05) is 6.07 Å². The minimum atomic E-state index is -5.04. The summed E-state index contributed by atoms with van der Waals surface area (Å²) in [5.74, 6) is -3.21. The second kappa shape index (κ2) is 5.63. The lowest BCUT2D eigenvalue weighted by Crippen LogP contribution is -2.20. The Kier molecular flexibility index (Phi) is 4.41. The molecule has 1 rings (SSSR count). The van der Waals surface area contributed by atoms with Crippen molar-refractivity contribution < 1.29 is 37.3 Å². The van der Waals surface area contributed by atoms with E-state index >= 15 is 0 Å². The second-order valence-electron chi connectivity index (χ2n) is 3.13. The van der Waals surface area contributed by atoms with Crippen LogP contribution in [0.5, 0.6) is 17.4 Å². The lowest BCUT2D eigenvalue weighted by Gasteiger charge is -2.13. The molecule has 19 heavy (non-hydrogen) atoms. The molecule has 1 aromatic heterocycles. The predicted octanol–water partition coefficient (Wildman–Crippen LogP) is 1.87. The maximum Gasteiger partial charge on any atom is 0.573 e. The van der Waals surface area contributed by atoms with Gasteiger partial charge in [-0.05, 0) is 6.92 Å². The number of esters is 1. The summed E-state index contributed by atoms with van der Waals surface area (Å²) in [7, 11) is 1.13. The summed E-state index contributed by atoms with van der Waals surface area (Å²) in [6, 6.07) is 0.575. The van der Waals surface area contributed by atoms with Crippen LogP contribution in [0, 0.1) is 0 Å². The van der Waals surface area contributed by atoms with Crippen LogP contribution in [-0.4, -0.2) is 36.1 Å². The molecule has 106 valence electrons. The Hall–Kier alpha value is -2.19. The fourth-order valence-corrected chi connectivity index (χ4v) is 1.17. The molecule has 0 fully saturated rings. The number of aromatic nitrogens is 1. The third-order valence-electron chi connectivity index (χ3n) is 1.82. The van der Waals surface area contributed by atoms with Crippen LogP contribution in [0.1, 0.15) is 17.4 Å². The van der Waals surface area contributed by atoms with Crippen LogP contribution in [0.25, 0.3) is 0 Å². The first-order valence-electron chi connectivity index (χ1n) is 4.99. The third-order valence-corrected chi connectivity index (χ3v) is 1.82. The highest BCUT2D eigenvalue weighted by atomic mass is 19.4. The molecular weight excluding hydrogens is 271 g/mol. The lowest BCUT2D eigenvalue weighted by molar-refractivity contribution is -0.274. The molecule has 0 spiro atoms. The molecule has 0 atom stereocenters. The van der Waals surface area contributed by atoms with Crippen molar-refractivity contribution in [3.8, 4) is 17.4 Å². The van der Waals surface area contributed by atoms with Gasteiger partial charge in [0.1, 0.15) is 0 Å². The van der Waals surface area contributed by atoms with Crippen molar-refractivity contribution in [2.45, 2.75) is 13.3 Å². The molecule has 0 aliphatic carbocycles. The molecule has 0 saturated heterocycles. The van der Waals surface area contributed by atoms with Crippen molar-refractivity contribution in [3.63, 3.8) is 0 Å². The number of nitrogens with zero attached hydrogens (tertiary/aromatic N) is 1. The van der Waals surface area contributed by atoms with Gasteiger partial charge in [0.15, 0.2) is 17.2 Å². The molecule has 0 radical (unpaired) electrons. The van der Waals surface area contributed by atoms with Crippen LogP contribution in [0.3, 0.4) is 0 Å². The Labute approximate surface area is 105 Å². The standard InChI is InChI=1S/C10H10F3NO5/c1-3-18-9(16)7-6(19-10(11,12)13)4-5(15)8(14-7)17-2/h4,15H,3H2,1-2H3. The average Bonchev–Trinajstić information content (AvgIpc) is 2.27. The first kappa shape index (κ1) is 14.9. The van der Waals surface area contributed by atoms with Gasteiger partial charge in [0.2, 0.25) is 0 Å². The van der Waals surface area contributed by atoms with Gasteiger partial charge in [-0.25, -0.2) is 4.79 Å². The quantitative estimate of drug-likeness (QED) is 0.849. The Morgan fingerprint density at radius 1 is 1.47 bits per heavy atom. The van der Waals surface area contributed by atoms with Gasteiger partial charge in [-0.2, -0.15) is 4.98 Å². The van der Waals surface area contributed by atoms with E-state index in [-0.39, 0.29) is 6.61 Å². The van der Waals surface area contributed by atoms with Crippen molar-refractivity contribution in [3.05, 3.63) is 11.8 Å². The normalized spacial score (nSPS) is 11.0. The van der Waals surface area contributed by atoms with E-state index in [0.29, 0.717) is 6.07 Å². The molecule has 9 heteroatoms. The van der Waals surface area contributed by atoms with E-state index in [9.17, 15) is 23.1 Å². The number of alkyl halides is 3. The maximum atomic E-state index is 12.2. The molecular formula is C10H10F3NO5. The number of carbonyl (C=O) groups excluding carboxylic acids is 1. The number of carbonyl (C=O) groups is 1. The second-order valence-corrected chi connectivity index (χ2v) is 3.13. The number of hydrogen-bond donors (Lipinski definition) is 1. The van der Waals surface area contributed by atoms with Crippen LogP contribution >= 0.6 is 0 Å². The first-order valence-corrected chi connectivity index (χ1v) is 4.99. The van der Waals surface area contributed by atoms with Crippen LogP contribution in [0.2, 0.25) is 0 Å². The van der Waals surface area contributed by atoms with Gasteiger partial charge < -0.3 is 19.3 Å². The molecule has 0 aliphatic rings. The number of hydrogen-bond acceptors (Lipinski definition) is 6. The largest absolute Gasteiger partial charge is 0.573 e. The van der Waals surface area contributed by atoms with Gasteiger partial charge in [0.05, 0.1) is 13.7 Å². The predicted molar refractivity (Wildman–Crippen MR) is 55.1 cm³/mol. The molecule has 0 aliphatic heterocycles. The SMILES string of the molecule is CCOC(=O)c1nc(OC)c(O)cc1OC(F)(F)F. The van der Waals surface area contributed by atoms with Crippen LogP contribution in [0.15, 0.2) is 6.07 Å². The number of halogens is 3. The van der Waals surface area contributed by atoms with Crippen LogP contribution in [0.4, 0.5) is 13.2 Å². The molecule has 0 unspecified atom stereocenters. The number of pyridine rings is 1. The van der Waals surface area contributed by atoms with Crippen molar-refractivity contribution in [1.82, 2.24) is 4.98 Å². The number of methoxy groups -OCH3 is 1. The van der Waals surface area contributed by atoms with E-state index in [1.165, 1.54) is 6.92 Å². The fourth-order valence-electron chi connectivity index (χ4n) is 1.17. The van der Waals surface area contributed by atoms with Crippen molar-refractivity contribution in [2.75, 3.05) is 13.7 Å². The molecule has 0 bridgehead atoms. The smallest absolute Gasteiger partial charge is 0.503 e. The van der Waals surface area contributed by atoms with E-state index in [2.05, 4.69) is 19.2 Å². The Morgan fingerprint density at radius 2 is 2.11 bits per heavy atom. The van der Waals surface area contributed by atoms with Crippen molar-refractivity contribution in [1.29, 1.82) is 0 Å². The zero-order valence-electron chi connectivity index (χ0n) is 9.95. The molecule has 0 amide bonds. The Bertz CT molecular complexity index is 475. The van der Waals surface area contributed by atoms with Crippen LogP contribution < -0.4 is 9.47 Å². The molecule has 0 aromatic carbocycles. The summed E-state index contributed by atoms with van der Waals surface area (Å²) in [4.78, 5) is 14.9. The summed E-state index contributed by atoms with van der Waals surface area (Å²) in [6.45, 7) is 1.41. The fraction of sp³-hybridized carbons (Fsp3) is 0.400. The van der Waals surface area contributed by atoms with Crippen LogP contribution in [-0.2, 0) is 4.74 Å². The number of aromatic hydroxyl groups is 1. The monoisotopic (exact) mass is 281 g/mol. The van der Waals surface area contributed by atoms with Gasteiger partial charge >= 0.3 is 12.3 Å². The van der Waals surface area contributed by atoms with E-state index in [1.807, 2.05) is 0 Å². The zero-order chi connectivity index (χ0) is 14.6. The molecule has 6 nitrogen and oxygen atoms in total. The molecule has 0 saturated carbocycles. The zero-order valence-corrected chi connectivity index (χ0v) is 9.95. The van der Waals surface area contributed by atoms with Gasteiger partial charge in [-0.3, -0.25) is 0 Å². The van der Waals surface area contributed by atoms with Gasteiger partial charge in [0.25, 0.3) is 5.88 Å². The van der Waals surface area contributed by atoms with E-state index in [4.69, 9.17) is 0 Å². The van der Waals surface area contributed by atoms with E-state index in [1.54, 1.807) is 0 Å². The highest BCUT2D eigenvalue weighted by molar-refractivity contribution is 5.90. The summed E-state index contributed by atoms with van der Waals surface area (Å²) in [6.07, 6.45) is -5.04. The summed E-state index contributed by atoms with van der Waals surface area (Å²) in [5, 5.41) is 9.34. The molecule has 1 heterocycles. The van der Waals surface area contributed by atoms with Crippen molar-refractivity contribution in [2.24, 2.45) is 0 Å². The summed E-state index contributed by atoms with van der Waals surface area (Å²) < 4.78 is 49.2. The maximum absolute atomic E-state index is 12.2. The molecule has 1 aromatic rings. The van der Waals surface area contributed by atoms with E-state index in [0.717, 1.165) is 7.11 Å². The highest BCUT2D eigenvalue weighted by Gasteiger charge is 2.34. The van der Waals surface area contributed by atoms with Gasteiger partial charge in [-0.1, -0.05) is 0 Å². The highest BCUT2D eigenvalue weighted by Crippen LogP contribution is 2.33. The average molecular weight is 281 g/mol. The third kappa shape index (κ3) is 3.90. The topological polar surface area (TPSA) is 77.9 Å². The molecule has 1 N–H and O–H groups in total.